The third-order valence-corrected chi connectivity index (χ3v) is 1.06. The van der Waals surface area contributed by atoms with E-state index in [1.54, 1.807) is 6.20 Å². The number of anilines is 1. The van der Waals surface area contributed by atoms with Crippen molar-refractivity contribution in [3.63, 3.8) is 0 Å². The largest absolute Gasteiger partial charge is 0.424 e. The van der Waals surface area contributed by atoms with E-state index < -0.39 is 0 Å². The molecule has 10 heavy (non-hydrogen) atoms. The maximum Gasteiger partial charge on any atom is 0.292 e. The Morgan fingerprint density at radius 3 is 3.10 bits per heavy atom. The van der Waals surface area contributed by atoms with Crippen LogP contribution in [0.15, 0.2) is 16.7 Å². The Morgan fingerprint density at radius 2 is 2.60 bits per heavy atom. The third-order valence-electron chi connectivity index (χ3n) is 1.06. The molecule has 1 heterocycles. The average Bonchev–Trinajstić information content (AvgIpc) is 2.31. The minimum absolute atomic E-state index is 0.218. The number of hydrogen-bond acceptors (Lipinski definition) is 3. The minimum Gasteiger partial charge on any atom is -0.424 e. The van der Waals surface area contributed by atoms with Crippen LogP contribution in [0.3, 0.4) is 0 Å². The molecule has 0 fully saturated rings. The van der Waals surface area contributed by atoms with E-state index in [1.807, 2.05) is 12.2 Å². The predicted octanol–water partition coefficient (Wildman–Crippen LogP) is 1.68. The Labute approximate surface area is 59.6 Å². The van der Waals surface area contributed by atoms with E-state index in [4.69, 9.17) is 10.2 Å². The summed E-state index contributed by atoms with van der Waals surface area (Å²) in [6.07, 6.45) is 6.42. The molecular formula is C7H10N2O. The zero-order valence-corrected chi connectivity index (χ0v) is 5.87. The summed E-state index contributed by atoms with van der Waals surface area (Å²) >= 11 is 0. The van der Waals surface area contributed by atoms with Gasteiger partial charge in [0.25, 0.3) is 6.01 Å². The van der Waals surface area contributed by atoms with Gasteiger partial charge in [-0.1, -0.05) is 13.0 Å². The highest BCUT2D eigenvalue weighted by atomic mass is 16.4. The normalized spacial score (nSPS) is 10.9. The van der Waals surface area contributed by atoms with Crippen molar-refractivity contribution >= 4 is 12.1 Å². The summed E-state index contributed by atoms with van der Waals surface area (Å²) in [7, 11) is 0. The van der Waals surface area contributed by atoms with E-state index in [0.717, 1.165) is 6.42 Å². The van der Waals surface area contributed by atoms with E-state index >= 15 is 0 Å². The molecule has 2 N–H and O–H groups in total. The smallest absolute Gasteiger partial charge is 0.292 e. The van der Waals surface area contributed by atoms with Gasteiger partial charge in [0.2, 0.25) is 0 Å². The number of nitrogen functional groups attached to an aromatic ring is 1. The fraction of sp³-hybridized carbons (Fsp3) is 0.286. The molecule has 0 amide bonds. The summed E-state index contributed by atoms with van der Waals surface area (Å²) in [5.74, 6) is 0.708. The van der Waals surface area contributed by atoms with Crippen molar-refractivity contribution in [3.05, 3.63) is 18.0 Å². The second-order valence-corrected chi connectivity index (χ2v) is 1.91. The van der Waals surface area contributed by atoms with Crippen LogP contribution in [0.5, 0.6) is 0 Å². The number of nitrogens with zero attached hydrogens (tertiary/aromatic N) is 1. The number of hydrogen-bond donors (Lipinski definition) is 1. The summed E-state index contributed by atoms with van der Waals surface area (Å²) in [6, 6.07) is 0.218. The van der Waals surface area contributed by atoms with Crippen LogP contribution in [0.4, 0.5) is 6.01 Å². The Balaban J connectivity index is 2.67. The first-order valence-electron chi connectivity index (χ1n) is 3.20. The van der Waals surface area contributed by atoms with E-state index in [0.29, 0.717) is 5.76 Å². The number of oxazole rings is 1. The van der Waals surface area contributed by atoms with Gasteiger partial charge < -0.3 is 10.2 Å². The van der Waals surface area contributed by atoms with Gasteiger partial charge in [-0.2, -0.15) is 0 Å². The van der Waals surface area contributed by atoms with Crippen molar-refractivity contribution < 1.29 is 4.42 Å². The third kappa shape index (κ3) is 1.62. The molecule has 3 heteroatoms. The van der Waals surface area contributed by atoms with Crippen LogP contribution in [0.25, 0.3) is 6.08 Å². The van der Waals surface area contributed by atoms with Gasteiger partial charge >= 0.3 is 0 Å². The van der Waals surface area contributed by atoms with Crippen molar-refractivity contribution in [1.82, 2.24) is 4.98 Å². The van der Waals surface area contributed by atoms with Gasteiger partial charge in [0.15, 0.2) is 0 Å². The monoisotopic (exact) mass is 138 g/mol. The average molecular weight is 138 g/mol. The van der Waals surface area contributed by atoms with Crippen LogP contribution in [-0.2, 0) is 0 Å². The number of allylic oxidation sites excluding steroid dienone is 1. The van der Waals surface area contributed by atoms with Gasteiger partial charge in [-0.15, -0.1) is 0 Å². The van der Waals surface area contributed by atoms with Crippen molar-refractivity contribution in [1.29, 1.82) is 0 Å². The molecule has 0 aromatic carbocycles. The standard InChI is InChI=1S/C7H10N2O/c1-2-3-4-6-5-9-7(8)10-6/h3-5H,2H2,1H3,(H2,8,9)/b4-3+. The van der Waals surface area contributed by atoms with Gasteiger partial charge in [-0.05, 0) is 12.5 Å². The lowest BCUT2D eigenvalue weighted by atomic mass is 10.4. The molecule has 1 aromatic heterocycles. The van der Waals surface area contributed by atoms with Crippen LogP contribution in [-0.4, -0.2) is 4.98 Å². The number of nitrogens with two attached hydrogens (primary N) is 1. The fourth-order valence-corrected chi connectivity index (χ4v) is 0.612. The summed E-state index contributed by atoms with van der Waals surface area (Å²) in [5, 5.41) is 0. The highest BCUT2D eigenvalue weighted by Gasteiger charge is 1.92. The summed E-state index contributed by atoms with van der Waals surface area (Å²) in [5.41, 5.74) is 5.24. The van der Waals surface area contributed by atoms with Crippen LogP contribution in [0.2, 0.25) is 0 Å². The van der Waals surface area contributed by atoms with Crippen molar-refractivity contribution in [2.45, 2.75) is 13.3 Å². The molecule has 1 rings (SSSR count). The molecule has 0 radical (unpaired) electrons. The number of rotatable bonds is 2. The zero-order chi connectivity index (χ0) is 7.40. The van der Waals surface area contributed by atoms with Crippen LogP contribution in [0, 0.1) is 0 Å². The summed E-state index contributed by atoms with van der Waals surface area (Å²) in [4.78, 5) is 3.73. The van der Waals surface area contributed by atoms with E-state index in [1.165, 1.54) is 0 Å². The molecule has 0 aliphatic carbocycles. The SMILES string of the molecule is CC/C=C/c1cnc(N)o1. The molecule has 0 aliphatic heterocycles. The molecule has 1 aromatic rings. The van der Waals surface area contributed by atoms with Crippen LogP contribution in [0.1, 0.15) is 19.1 Å². The van der Waals surface area contributed by atoms with Crippen LogP contribution < -0.4 is 5.73 Å². The fourth-order valence-electron chi connectivity index (χ4n) is 0.612. The number of aromatic nitrogens is 1. The lowest BCUT2D eigenvalue weighted by Gasteiger charge is -1.80. The van der Waals surface area contributed by atoms with Crippen molar-refractivity contribution in [2.75, 3.05) is 5.73 Å². The van der Waals surface area contributed by atoms with E-state index in [9.17, 15) is 0 Å². The lowest BCUT2D eigenvalue weighted by Crippen LogP contribution is -1.79. The first-order valence-corrected chi connectivity index (χ1v) is 3.20. The molecule has 0 spiro atoms. The molecular weight excluding hydrogens is 128 g/mol. The Bertz CT molecular complexity index is 227. The highest BCUT2D eigenvalue weighted by Crippen LogP contribution is 2.06. The van der Waals surface area contributed by atoms with Crippen molar-refractivity contribution in [2.24, 2.45) is 0 Å². The van der Waals surface area contributed by atoms with E-state index in [-0.39, 0.29) is 6.01 Å². The molecule has 0 bridgehead atoms. The van der Waals surface area contributed by atoms with Gasteiger partial charge in [-0.25, -0.2) is 4.98 Å². The quantitative estimate of drug-likeness (QED) is 0.676. The first kappa shape index (κ1) is 6.86. The Kier molecular flexibility index (Phi) is 2.10. The highest BCUT2D eigenvalue weighted by molar-refractivity contribution is 5.42. The van der Waals surface area contributed by atoms with Crippen LogP contribution >= 0.6 is 0 Å². The second-order valence-electron chi connectivity index (χ2n) is 1.91. The first-order chi connectivity index (χ1) is 4.83. The maximum atomic E-state index is 5.24. The molecule has 0 aliphatic rings. The topological polar surface area (TPSA) is 52.0 Å². The summed E-state index contributed by atoms with van der Waals surface area (Å²) in [6.45, 7) is 2.05. The molecule has 0 saturated carbocycles. The van der Waals surface area contributed by atoms with Gasteiger partial charge in [0.1, 0.15) is 5.76 Å². The molecule has 3 nitrogen and oxygen atoms in total. The Hall–Kier alpha value is -1.25. The summed E-state index contributed by atoms with van der Waals surface area (Å²) < 4.78 is 4.97. The lowest BCUT2D eigenvalue weighted by molar-refractivity contribution is 0.570. The maximum absolute atomic E-state index is 5.24. The predicted molar refractivity (Wildman–Crippen MR) is 40.2 cm³/mol. The molecule has 54 valence electrons. The molecule has 0 unspecified atom stereocenters. The minimum atomic E-state index is 0.218. The van der Waals surface area contributed by atoms with Gasteiger partial charge in [0.05, 0.1) is 6.20 Å². The Morgan fingerprint density at radius 1 is 1.80 bits per heavy atom. The zero-order valence-electron chi connectivity index (χ0n) is 5.87. The second kappa shape index (κ2) is 3.06. The van der Waals surface area contributed by atoms with Gasteiger partial charge in [-0.3, -0.25) is 0 Å². The van der Waals surface area contributed by atoms with E-state index in [2.05, 4.69) is 11.9 Å². The molecule has 0 saturated heterocycles. The van der Waals surface area contributed by atoms with Crippen molar-refractivity contribution in [3.8, 4) is 0 Å². The van der Waals surface area contributed by atoms with Gasteiger partial charge in [0, 0.05) is 0 Å². The molecule has 0 atom stereocenters.